The van der Waals surface area contributed by atoms with Crippen molar-refractivity contribution in [3.05, 3.63) is 29.6 Å². The van der Waals surface area contributed by atoms with E-state index in [4.69, 9.17) is 5.73 Å². The topological polar surface area (TPSA) is 29.3 Å². The lowest BCUT2D eigenvalue weighted by atomic mass is 9.91. The molecule has 0 aliphatic carbocycles. The first-order valence-electron chi connectivity index (χ1n) is 4.40. The Labute approximate surface area is 77.2 Å². The van der Waals surface area contributed by atoms with Gasteiger partial charge in [0.15, 0.2) is 0 Å². The zero-order chi connectivity index (χ0) is 9.42. The number of likely N-dealkylation sites (tertiary alicyclic amines) is 1. The lowest BCUT2D eigenvalue weighted by molar-refractivity contribution is 0.186. The fourth-order valence-corrected chi connectivity index (χ4v) is 1.77. The van der Waals surface area contributed by atoms with Crippen LogP contribution in [-0.4, -0.2) is 25.0 Å². The van der Waals surface area contributed by atoms with Crippen molar-refractivity contribution < 1.29 is 4.39 Å². The first-order valence-corrected chi connectivity index (χ1v) is 4.40. The first kappa shape index (κ1) is 8.51. The van der Waals surface area contributed by atoms with Crippen molar-refractivity contribution in [2.45, 2.75) is 5.92 Å². The normalized spacial score (nSPS) is 18.6. The van der Waals surface area contributed by atoms with Gasteiger partial charge in [-0.3, -0.25) is 0 Å². The molecule has 1 saturated heterocycles. The second kappa shape index (κ2) is 3.00. The number of anilines is 1. The molecule has 1 heterocycles. The molecule has 13 heavy (non-hydrogen) atoms. The Morgan fingerprint density at radius 1 is 1.46 bits per heavy atom. The maximum Gasteiger partial charge on any atom is 0.128 e. The van der Waals surface area contributed by atoms with Gasteiger partial charge in [-0.1, -0.05) is 6.07 Å². The molecule has 0 spiro atoms. The Hall–Kier alpha value is -1.09. The molecule has 1 aliphatic heterocycles. The van der Waals surface area contributed by atoms with Crippen LogP contribution in [0.4, 0.5) is 10.1 Å². The second-order valence-electron chi connectivity index (χ2n) is 3.70. The third kappa shape index (κ3) is 1.52. The van der Waals surface area contributed by atoms with E-state index in [0.29, 0.717) is 11.6 Å². The van der Waals surface area contributed by atoms with Gasteiger partial charge in [-0.25, -0.2) is 4.39 Å². The van der Waals surface area contributed by atoms with E-state index in [-0.39, 0.29) is 5.82 Å². The number of hydrogen-bond donors (Lipinski definition) is 1. The van der Waals surface area contributed by atoms with Gasteiger partial charge in [0.2, 0.25) is 0 Å². The number of benzene rings is 1. The summed E-state index contributed by atoms with van der Waals surface area (Å²) in [5.74, 6) is 0.184. The van der Waals surface area contributed by atoms with Crippen molar-refractivity contribution in [2.75, 3.05) is 25.9 Å². The lowest BCUT2D eigenvalue weighted by Crippen LogP contribution is -2.42. The summed E-state index contributed by atoms with van der Waals surface area (Å²) < 4.78 is 13.4. The lowest BCUT2D eigenvalue weighted by Gasteiger charge is -2.36. The maximum absolute atomic E-state index is 13.4. The van der Waals surface area contributed by atoms with Crippen LogP contribution in [0.15, 0.2) is 18.2 Å². The number of rotatable bonds is 1. The van der Waals surface area contributed by atoms with E-state index in [1.165, 1.54) is 6.07 Å². The molecule has 3 heteroatoms. The molecular weight excluding hydrogens is 167 g/mol. The fourth-order valence-electron chi connectivity index (χ4n) is 1.77. The third-order valence-corrected chi connectivity index (χ3v) is 2.53. The van der Waals surface area contributed by atoms with Crippen LogP contribution in [0.2, 0.25) is 0 Å². The van der Waals surface area contributed by atoms with E-state index in [2.05, 4.69) is 4.90 Å². The number of likely N-dealkylation sites (N-methyl/N-ethyl adjacent to an activating group) is 1. The van der Waals surface area contributed by atoms with Gasteiger partial charge < -0.3 is 10.6 Å². The van der Waals surface area contributed by atoms with E-state index >= 15 is 0 Å². The summed E-state index contributed by atoms with van der Waals surface area (Å²) in [6, 6.07) is 4.95. The van der Waals surface area contributed by atoms with Crippen LogP contribution in [0.1, 0.15) is 11.5 Å². The summed E-state index contributed by atoms with van der Waals surface area (Å²) in [5, 5.41) is 0. The highest BCUT2D eigenvalue weighted by Crippen LogP contribution is 2.28. The molecule has 0 bridgehead atoms. The van der Waals surface area contributed by atoms with Gasteiger partial charge in [0.25, 0.3) is 0 Å². The largest absolute Gasteiger partial charge is 0.399 e. The van der Waals surface area contributed by atoms with Crippen molar-refractivity contribution in [3.63, 3.8) is 0 Å². The first-order chi connectivity index (χ1) is 6.16. The molecule has 1 aliphatic rings. The minimum atomic E-state index is -0.168. The zero-order valence-corrected chi connectivity index (χ0v) is 7.63. The zero-order valence-electron chi connectivity index (χ0n) is 7.63. The molecule has 1 fully saturated rings. The summed E-state index contributed by atoms with van der Waals surface area (Å²) in [4.78, 5) is 2.17. The Morgan fingerprint density at radius 3 is 2.69 bits per heavy atom. The van der Waals surface area contributed by atoms with E-state index in [9.17, 15) is 4.39 Å². The molecule has 0 saturated carbocycles. The Kier molecular flexibility index (Phi) is 1.96. The quantitative estimate of drug-likeness (QED) is 0.662. The molecule has 0 aromatic heterocycles. The Morgan fingerprint density at radius 2 is 2.15 bits per heavy atom. The summed E-state index contributed by atoms with van der Waals surface area (Å²) in [6.07, 6.45) is 0. The maximum atomic E-state index is 13.4. The molecule has 1 aromatic carbocycles. The van der Waals surface area contributed by atoms with Crippen LogP contribution in [0, 0.1) is 5.82 Å². The molecular formula is C10H13FN2. The van der Waals surface area contributed by atoms with Crippen molar-refractivity contribution in [1.82, 2.24) is 4.90 Å². The molecule has 0 radical (unpaired) electrons. The molecule has 2 rings (SSSR count). The molecule has 0 unspecified atom stereocenters. The monoisotopic (exact) mass is 180 g/mol. The molecule has 2 nitrogen and oxygen atoms in total. The van der Waals surface area contributed by atoms with Gasteiger partial charge >= 0.3 is 0 Å². The predicted octanol–water partition coefficient (Wildman–Crippen LogP) is 1.44. The number of hydrogen-bond acceptors (Lipinski definition) is 2. The van der Waals surface area contributed by atoms with Crippen molar-refractivity contribution >= 4 is 5.69 Å². The highest BCUT2D eigenvalue weighted by Gasteiger charge is 2.26. The van der Waals surface area contributed by atoms with Crippen LogP contribution in [-0.2, 0) is 0 Å². The van der Waals surface area contributed by atoms with Crippen LogP contribution >= 0.6 is 0 Å². The highest BCUT2D eigenvalue weighted by atomic mass is 19.1. The number of nitrogens with zero attached hydrogens (tertiary/aromatic N) is 1. The van der Waals surface area contributed by atoms with E-state index in [1.807, 2.05) is 7.05 Å². The van der Waals surface area contributed by atoms with E-state index in [0.717, 1.165) is 18.7 Å². The van der Waals surface area contributed by atoms with Crippen LogP contribution in [0.5, 0.6) is 0 Å². The molecule has 1 aromatic rings. The molecule has 70 valence electrons. The average Bonchev–Trinajstić information content (AvgIpc) is 2.00. The van der Waals surface area contributed by atoms with Crippen LogP contribution < -0.4 is 5.73 Å². The standard InChI is InChI=1S/C10H13FN2/c1-13-5-7(6-13)9-3-2-8(12)4-10(9)11/h2-4,7H,5-6,12H2,1H3. The van der Waals surface area contributed by atoms with Crippen molar-refractivity contribution in [1.29, 1.82) is 0 Å². The van der Waals surface area contributed by atoms with E-state index < -0.39 is 0 Å². The molecule has 0 amide bonds. The fraction of sp³-hybridized carbons (Fsp3) is 0.400. The summed E-state index contributed by atoms with van der Waals surface area (Å²) in [7, 11) is 2.03. The van der Waals surface area contributed by atoms with Gasteiger partial charge in [0.1, 0.15) is 5.82 Å². The summed E-state index contributed by atoms with van der Waals surface area (Å²) >= 11 is 0. The Balaban J connectivity index is 2.21. The summed E-state index contributed by atoms with van der Waals surface area (Å²) in [5.41, 5.74) is 6.76. The number of nitrogens with two attached hydrogens (primary N) is 1. The number of nitrogen functional groups attached to an aromatic ring is 1. The predicted molar refractivity (Wildman–Crippen MR) is 51.1 cm³/mol. The van der Waals surface area contributed by atoms with Gasteiger partial charge in [-0.05, 0) is 24.7 Å². The third-order valence-electron chi connectivity index (χ3n) is 2.53. The van der Waals surface area contributed by atoms with Gasteiger partial charge in [-0.15, -0.1) is 0 Å². The van der Waals surface area contributed by atoms with Gasteiger partial charge in [0, 0.05) is 24.7 Å². The minimum absolute atomic E-state index is 0.168. The summed E-state index contributed by atoms with van der Waals surface area (Å²) in [6.45, 7) is 1.89. The number of halogens is 1. The Bertz CT molecular complexity index is 319. The van der Waals surface area contributed by atoms with Crippen molar-refractivity contribution in [3.8, 4) is 0 Å². The highest BCUT2D eigenvalue weighted by molar-refractivity contribution is 5.42. The molecule has 2 N–H and O–H groups in total. The average molecular weight is 180 g/mol. The SMILES string of the molecule is CN1CC(c2ccc(N)cc2F)C1. The van der Waals surface area contributed by atoms with Crippen LogP contribution in [0.25, 0.3) is 0 Å². The van der Waals surface area contributed by atoms with Crippen molar-refractivity contribution in [2.24, 2.45) is 0 Å². The smallest absolute Gasteiger partial charge is 0.128 e. The second-order valence-corrected chi connectivity index (χ2v) is 3.70. The van der Waals surface area contributed by atoms with Gasteiger partial charge in [0.05, 0.1) is 0 Å². The van der Waals surface area contributed by atoms with Crippen LogP contribution in [0.3, 0.4) is 0 Å². The van der Waals surface area contributed by atoms with E-state index in [1.54, 1.807) is 12.1 Å². The minimum Gasteiger partial charge on any atom is -0.399 e. The molecule has 0 atom stereocenters. The van der Waals surface area contributed by atoms with Gasteiger partial charge in [-0.2, -0.15) is 0 Å².